The first-order valence-corrected chi connectivity index (χ1v) is 12.3. The van der Waals surface area contributed by atoms with Gasteiger partial charge in [0.15, 0.2) is 0 Å². The molecule has 2 saturated heterocycles. The maximum Gasteiger partial charge on any atom is 0.416 e. The molecule has 0 spiro atoms. The van der Waals surface area contributed by atoms with Crippen molar-refractivity contribution in [2.75, 3.05) is 39.8 Å². The molecule has 0 bridgehead atoms. The number of piperidine rings is 1. The molecule has 2 heterocycles. The minimum Gasteiger partial charge on any atom is -0.377 e. The number of methoxy groups -OCH3 is 1. The number of hydrogen-bond acceptors (Lipinski definition) is 4. The van der Waals surface area contributed by atoms with E-state index in [-0.39, 0.29) is 23.2 Å². The third-order valence-corrected chi connectivity index (χ3v) is 8.47. The van der Waals surface area contributed by atoms with Crippen molar-refractivity contribution in [3.05, 3.63) is 34.9 Å². The number of alkyl halides is 3. The number of halogens is 3. The van der Waals surface area contributed by atoms with Gasteiger partial charge in [-0.3, -0.25) is 14.7 Å². The monoisotopic (exact) mass is 467 g/mol. The van der Waals surface area contributed by atoms with Crippen LogP contribution in [-0.2, 0) is 10.9 Å². The summed E-state index contributed by atoms with van der Waals surface area (Å²) in [6.45, 7) is 16.7. The van der Waals surface area contributed by atoms with Crippen molar-refractivity contribution in [1.29, 1.82) is 0 Å². The van der Waals surface area contributed by atoms with Gasteiger partial charge in [0, 0.05) is 63.0 Å². The van der Waals surface area contributed by atoms with Crippen LogP contribution in [0, 0.1) is 0 Å². The second-order valence-electron chi connectivity index (χ2n) is 11.5. The number of ether oxygens (including phenoxy) is 1. The Morgan fingerprint density at radius 1 is 1.00 bits per heavy atom. The number of hydrogen-bond donors (Lipinski definition) is 0. The Balaban J connectivity index is 1.46. The van der Waals surface area contributed by atoms with Crippen molar-refractivity contribution in [3.8, 4) is 0 Å². The van der Waals surface area contributed by atoms with Crippen LogP contribution in [0.3, 0.4) is 0 Å². The first-order chi connectivity index (χ1) is 15.3. The zero-order valence-electron chi connectivity index (χ0n) is 21.0. The minimum absolute atomic E-state index is 0.111. The third-order valence-electron chi connectivity index (χ3n) is 8.47. The number of nitrogens with zero attached hydrogens (tertiary/aromatic N) is 3. The quantitative estimate of drug-likeness (QED) is 0.585. The SMILES string of the molecule is COC1CC(N2CCN(C3(C)CCN(C(C)(C)C)CC3)C[C@@H]2C)c2ccc(C(F)(F)F)cc21. The Hall–Kier alpha value is -1.15. The highest BCUT2D eigenvalue weighted by atomic mass is 19.4. The van der Waals surface area contributed by atoms with Crippen molar-refractivity contribution in [2.24, 2.45) is 0 Å². The van der Waals surface area contributed by atoms with Crippen LogP contribution in [0.15, 0.2) is 18.2 Å². The van der Waals surface area contributed by atoms with Gasteiger partial charge in [-0.15, -0.1) is 0 Å². The van der Waals surface area contributed by atoms with E-state index in [9.17, 15) is 13.2 Å². The van der Waals surface area contributed by atoms with Crippen LogP contribution < -0.4 is 0 Å². The Labute approximate surface area is 197 Å². The second kappa shape index (κ2) is 8.81. The van der Waals surface area contributed by atoms with Gasteiger partial charge in [-0.05, 0) is 77.1 Å². The van der Waals surface area contributed by atoms with Gasteiger partial charge in [0.2, 0.25) is 0 Å². The van der Waals surface area contributed by atoms with Crippen LogP contribution in [0.5, 0.6) is 0 Å². The Morgan fingerprint density at radius 2 is 1.67 bits per heavy atom. The number of benzene rings is 1. The predicted molar refractivity (Wildman–Crippen MR) is 125 cm³/mol. The lowest BCUT2D eigenvalue weighted by Crippen LogP contribution is -2.63. The first kappa shape index (κ1) is 25.0. The number of fused-ring (bicyclic) bond motifs is 1. The topological polar surface area (TPSA) is 19.0 Å². The van der Waals surface area contributed by atoms with Crippen LogP contribution in [0.4, 0.5) is 13.2 Å². The second-order valence-corrected chi connectivity index (χ2v) is 11.5. The fourth-order valence-corrected chi connectivity index (χ4v) is 6.23. The molecule has 2 aliphatic heterocycles. The molecule has 1 aromatic rings. The van der Waals surface area contributed by atoms with E-state index >= 15 is 0 Å². The normalized spacial score (nSPS) is 29.9. The number of piperazine rings is 1. The lowest BCUT2D eigenvalue weighted by Gasteiger charge is -2.54. The Bertz CT molecular complexity index is 842. The van der Waals surface area contributed by atoms with Crippen molar-refractivity contribution >= 4 is 0 Å². The van der Waals surface area contributed by atoms with Gasteiger partial charge in [-0.2, -0.15) is 13.2 Å². The standard InChI is InChI=1S/C26H40F3N3O/c1-18-17-31(25(5)9-11-30(12-10-25)24(2,3)4)13-14-32(18)22-16-23(33-6)21-15-19(26(27,28)29)7-8-20(21)22/h7-8,15,18,22-23H,9-14,16-17H2,1-6H3/t18-,22?,23?/m0/s1. The summed E-state index contributed by atoms with van der Waals surface area (Å²) >= 11 is 0. The van der Waals surface area contributed by atoms with E-state index in [0.29, 0.717) is 11.6 Å². The zero-order chi connectivity index (χ0) is 24.2. The van der Waals surface area contributed by atoms with Crippen molar-refractivity contribution < 1.29 is 17.9 Å². The molecule has 4 rings (SSSR count). The maximum atomic E-state index is 13.3. The summed E-state index contributed by atoms with van der Waals surface area (Å²) in [6.07, 6.45) is -1.54. The van der Waals surface area contributed by atoms with Crippen LogP contribution >= 0.6 is 0 Å². The van der Waals surface area contributed by atoms with Gasteiger partial charge < -0.3 is 4.74 Å². The molecule has 186 valence electrons. The molecule has 0 aromatic heterocycles. The lowest BCUT2D eigenvalue weighted by atomic mass is 9.84. The molecule has 2 fully saturated rings. The largest absolute Gasteiger partial charge is 0.416 e. The molecular formula is C26H40F3N3O. The molecule has 3 atom stereocenters. The highest BCUT2D eigenvalue weighted by Gasteiger charge is 2.44. The van der Waals surface area contributed by atoms with Gasteiger partial charge in [-0.25, -0.2) is 0 Å². The molecule has 7 heteroatoms. The Morgan fingerprint density at radius 3 is 2.21 bits per heavy atom. The highest BCUT2D eigenvalue weighted by Crippen LogP contribution is 2.47. The van der Waals surface area contributed by atoms with E-state index in [0.717, 1.165) is 44.7 Å². The predicted octanol–water partition coefficient (Wildman–Crippen LogP) is 5.50. The fraction of sp³-hybridized carbons (Fsp3) is 0.769. The molecule has 0 saturated carbocycles. The molecular weight excluding hydrogens is 427 g/mol. The van der Waals surface area contributed by atoms with Crippen LogP contribution in [0.25, 0.3) is 0 Å². The third kappa shape index (κ3) is 4.84. The molecule has 1 aliphatic carbocycles. The van der Waals surface area contributed by atoms with Crippen molar-refractivity contribution in [2.45, 2.75) is 89.3 Å². The average Bonchev–Trinajstić information content (AvgIpc) is 3.10. The summed E-state index contributed by atoms with van der Waals surface area (Å²) in [4.78, 5) is 7.75. The molecule has 4 nitrogen and oxygen atoms in total. The molecule has 2 unspecified atom stereocenters. The van der Waals surface area contributed by atoms with Crippen molar-refractivity contribution in [3.63, 3.8) is 0 Å². The van der Waals surface area contributed by atoms with Gasteiger partial charge in [0.05, 0.1) is 11.7 Å². The molecule has 0 N–H and O–H groups in total. The van der Waals surface area contributed by atoms with Gasteiger partial charge in [0.1, 0.15) is 0 Å². The minimum atomic E-state index is -4.33. The van der Waals surface area contributed by atoms with Crippen LogP contribution in [0.1, 0.15) is 82.7 Å². The Kier molecular flexibility index (Phi) is 6.66. The lowest BCUT2D eigenvalue weighted by molar-refractivity contribution is -0.137. The number of likely N-dealkylation sites (tertiary alicyclic amines) is 1. The summed E-state index contributed by atoms with van der Waals surface area (Å²) < 4.78 is 45.5. The van der Waals surface area contributed by atoms with Crippen LogP contribution in [0.2, 0.25) is 0 Å². The van der Waals surface area contributed by atoms with Gasteiger partial charge >= 0.3 is 6.18 Å². The molecule has 0 amide bonds. The van der Waals surface area contributed by atoms with Crippen LogP contribution in [-0.4, -0.2) is 71.7 Å². The molecule has 33 heavy (non-hydrogen) atoms. The van der Waals surface area contributed by atoms with E-state index in [2.05, 4.69) is 49.3 Å². The molecule has 1 aromatic carbocycles. The summed E-state index contributed by atoms with van der Waals surface area (Å²) in [6, 6.07) is 4.67. The van der Waals surface area contributed by atoms with Gasteiger partial charge in [0.25, 0.3) is 0 Å². The average molecular weight is 468 g/mol. The van der Waals surface area contributed by atoms with E-state index in [1.165, 1.54) is 25.0 Å². The molecule has 3 aliphatic rings. The zero-order valence-corrected chi connectivity index (χ0v) is 21.0. The van der Waals surface area contributed by atoms with E-state index in [1.54, 1.807) is 13.2 Å². The van der Waals surface area contributed by atoms with E-state index in [1.807, 2.05) is 0 Å². The summed E-state index contributed by atoms with van der Waals surface area (Å²) in [5.41, 5.74) is 1.55. The first-order valence-electron chi connectivity index (χ1n) is 12.3. The maximum absolute atomic E-state index is 13.3. The summed E-state index contributed by atoms with van der Waals surface area (Å²) in [7, 11) is 1.60. The highest BCUT2D eigenvalue weighted by molar-refractivity contribution is 5.41. The summed E-state index contributed by atoms with van der Waals surface area (Å²) in [5.74, 6) is 0. The number of rotatable bonds is 3. The van der Waals surface area contributed by atoms with Crippen molar-refractivity contribution in [1.82, 2.24) is 14.7 Å². The van der Waals surface area contributed by atoms with Gasteiger partial charge in [-0.1, -0.05) is 6.07 Å². The fourth-order valence-electron chi connectivity index (χ4n) is 6.23. The van der Waals surface area contributed by atoms with E-state index < -0.39 is 11.7 Å². The smallest absolute Gasteiger partial charge is 0.377 e. The molecule has 0 radical (unpaired) electrons. The van der Waals surface area contributed by atoms with E-state index in [4.69, 9.17) is 4.74 Å². The summed E-state index contributed by atoms with van der Waals surface area (Å²) in [5, 5.41) is 0.